The number of rotatable bonds is 4. The van der Waals surface area contributed by atoms with Crippen LogP contribution in [0.4, 0.5) is 5.69 Å². The van der Waals surface area contributed by atoms with Gasteiger partial charge in [-0.2, -0.15) is 0 Å². The maximum atomic E-state index is 14.4. The number of halogens is 1. The van der Waals surface area contributed by atoms with Crippen molar-refractivity contribution in [2.24, 2.45) is 0 Å². The molecule has 0 aliphatic carbocycles. The van der Waals surface area contributed by atoms with Crippen LogP contribution in [0.3, 0.4) is 0 Å². The number of fused-ring (bicyclic) bond motifs is 2. The van der Waals surface area contributed by atoms with E-state index in [-0.39, 0.29) is 16.6 Å². The lowest BCUT2D eigenvalue weighted by atomic mass is 10.0. The van der Waals surface area contributed by atoms with Gasteiger partial charge in [-0.25, -0.2) is 0 Å². The molecule has 2 amide bonds. The van der Waals surface area contributed by atoms with Crippen LogP contribution in [0.15, 0.2) is 66.7 Å². The molecule has 1 spiro atoms. The Kier molecular flexibility index (Phi) is 5.85. The molecular weight excluding hydrogens is 480 g/mol. The smallest absolute Gasteiger partial charge is 0.268 e. The van der Waals surface area contributed by atoms with E-state index in [0.717, 1.165) is 22.4 Å². The first-order valence-corrected chi connectivity index (χ1v) is 12.7. The second kappa shape index (κ2) is 8.61. The van der Waals surface area contributed by atoms with Gasteiger partial charge in [0.1, 0.15) is 5.75 Å². The predicted octanol–water partition coefficient (Wildman–Crippen LogP) is 6.02. The summed E-state index contributed by atoms with van der Waals surface area (Å²) in [7, 11) is 1.59. The summed E-state index contributed by atoms with van der Waals surface area (Å²) >= 11 is 7.98. The first-order chi connectivity index (χ1) is 16.7. The summed E-state index contributed by atoms with van der Waals surface area (Å²) in [6.07, 6.45) is 0. The van der Waals surface area contributed by atoms with E-state index >= 15 is 0 Å². The molecule has 2 aliphatic heterocycles. The van der Waals surface area contributed by atoms with Crippen LogP contribution in [0.1, 0.15) is 40.9 Å². The number of carbonyl (C=O) groups excluding carboxylic acids is 2. The van der Waals surface area contributed by atoms with Gasteiger partial charge >= 0.3 is 0 Å². The molecule has 1 atom stereocenters. The Morgan fingerprint density at radius 1 is 1.09 bits per heavy atom. The number of methoxy groups -OCH3 is 1. The van der Waals surface area contributed by atoms with Crippen LogP contribution < -0.4 is 9.64 Å². The van der Waals surface area contributed by atoms with Gasteiger partial charge in [-0.05, 0) is 74.4 Å². The van der Waals surface area contributed by atoms with Gasteiger partial charge in [-0.15, -0.1) is 11.8 Å². The third kappa shape index (κ3) is 3.89. The molecule has 2 aliphatic rings. The number of aryl methyl sites for hydroxylation is 1. The molecule has 1 fully saturated rings. The summed E-state index contributed by atoms with van der Waals surface area (Å²) in [6, 6.07) is 20.6. The van der Waals surface area contributed by atoms with Crippen molar-refractivity contribution in [3.63, 3.8) is 0 Å². The zero-order chi connectivity index (χ0) is 25.0. The molecule has 0 aromatic heterocycles. The van der Waals surface area contributed by atoms with Crippen molar-refractivity contribution in [1.29, 1.82) is 0 Å². The minimum Gasteiger partial charge on any atom is -0.497 e. The summed E-state index contributed by atoms with van der Waals surface area (Å²) in [6.45, 7) is 7.04. The average molecular weight is 507 g/mol. The van der Waals surface area contributed by atoms with E-state index in [1.54, 1.807) is 47.2 Å². The van der Waals surface area contributed by atoms with E-state index in [4.69, 9.17) is 16.3 Å². The standard InChI is InChI=1S/C28H27ClN2O3S/c1-18-7-5-6-8-20(18)16-30-24-14-11-21(29)15-23(24)28(26(30)33)31(17-27(2,3)35-28)25(32)19-9-12-22(34-4)13-10-19/h5-15H,16-17H2,1-4H3/t28-/m0/s1. The maximum Gasteiger partial charge on any atom is 0.268 e. The van der Waals surface area contributed by atoms with E-state index in [2.05, 4.69) is 13.8 Å². The van der Waals surface area contributed by atoms with Crippen molar-refractivity contribution in [2.75, 3.05) is 18.6 Å². The summed E-state index contributed by atoms with van der Waals surface area (Å²) in [5.74, 6) is 0.365. The van der Waals surface area contributed by atoms with Crippen molar-refractivity contribution in [3.8, 4) is 5.75 Å². The van der Waals surface area contributed by atoms with Crippen molar-refractivity contribution in [1.82, 2.24) is 4.90 Å². The lowest BCUT2D eigenvalue weighted by molar-refractivity contribution is -0.123. The van der Waals surface area contributed by atoms with Gasteiger partial charge in [-0.1, -0.05) is 35.9 Å². The van der Waals surface area contributed by atoms with E-state index in [9.17, 15) is 9.59 Å². The number of hydrogen-bond acceptors (Lipinski definition) is 4. The Hall–Kier alpha value is -2.96. The van der Waals surface area contributed by atoms with Crippen LogP contribution in [0.2, 0.25) is 5.02 Å². The van der Waals surface area contributed by atoms with Crippen molar-refractivity contribution in [2.45, 2.75) is 36.9 Å². The second-order valence-electron chi connectivity index (χ2n) is 9.60. The fraction of sp³-hybridized carbons (Fsp3) is 0.286. The fourth-order valence-corrected chi connectivity index (χ4v) is 6.87. The summed E-state index contributed by atoms with van der Waals surface area (Å²) in [5.41, 5.74) is 4.25. The Morgan fingerprint density at radius 3 is 2.49 bits per heavy atom. The third-order valence-corrected chi connectivity index (χ3v) is 8.49. The Balaban J connectivity index is 1.64. The number of ether oxygens (including phenoxy) is 1. The second-order valence-corrected chi connectivity index (χ2v) is 11.9. The monoisotopic (exact) mass is 506 g/mol. The molecule has 1 saturated heterocycles. The predicted molar refractivity (Wildman–Crippen MR) is 141 cm³/mol. The normalized spacial score (nSPS) is 20.4. The zero-order valence-electron chi connectivity index (χ0n) is 20.2. The lowest BCUT2D eigenvalue weighted by Gasteiger charge is -2.33. The molecule has 0 saturated carbocycles. The third-order valence-electron chi connectivity index (χ3n) is 6.66. The van der Waals surface area contributed by atoms with E-state index < -0.39 is 4.87 Å². The average Bonchev–Trinajstić information content (AvgIpc) is 3.25. The van der Waals surface area contributed by atoms with Crippen molar-refractivity contribution in [3.05, 3.63) is 94.0 Å². The molecule has 5 rings (SSSR count). The molecule has 0 bridgehead atoms. The molecule has 2 heterocycles. The molecule has 0 N–H and O–H groups in total. The molecule has 3 aromatic carbocycles. The molecule has 7 heteroatoms. The molecular formula is C28H27ClN2O3S. The Labute approximate surface area is 215 Å². The number of amides is 2. The number of benzene rings is 3. The minimum absolute atomic E-state index is 0.115. The Morgan fingerprint density at radius 2 is 1.80 bits per heavy atom. The Bertz CT molecular complexity index is 1320. The SMILES string of the molecule is COc1ccc(C(=O)N2CC(C)(C)S[C@@]23C(=O)N(Cc2ccccc2C)c2ccc(Cl)cc23)cc1. The highest BCUT2D eigenvalue weighted by Crippen LogP contribution is 2.60. The first-order valence-electron chi connectivity index (χ1n) is 11.5. The van der Waals surface area contributed by atoms with Crippen LogP contribution in [0.25, 0.3) is 0 Å². The van der Waals surface area contributed by atoms with Crippen LogP contribution in [-0.2, 0) is 16.2 Å². The number of anilines is 1. The highest BCUT2D eigenvalue weighted by atomic mass is 35.5. The fourth-order valence-electron chi connectivity index (χ4n) is 4.98. The minimum atomic E-state index is -1.19. The van der Waals surface area contributed by atoms with E-state index in [0.29, 0.717) is 29.4 Å². The van der Waals surface area contributed by atoms with Gasteiger partial charge in [0, 0.05) is 27.4 Å². The van der Waals surface area contributed by atoms with E-state index in [1.807, 2.05) is 43.3 Å². The van der Waals surface area contributed by atoms with Gasteiger partial charge < -0.3 is 14.5 Å². The van der Waals surface area contributed by atoms with Gasteiger partial charge in [0.2, 0.25) is 0 Å². The summed E-state index contributed by atoms with van der Waals surface area (Å²) in [4.78, 5) is 30.7. The largest absolute Gasteiger partial charge is 0.497 e. The number of nitrogens with zero attached hydrogens (tertiary/aromatic N) is 2. The lowest BCUT2D eigenvalue weighted by Crippen LogP contribution is -2.50. The topological polar surface area (TPSA) is 49.9 Å². The number of hydrogen-bond donors (Lipinski definition) is 0. The first kappa shape index (κ1) is 23.8. The summed E-state index contributed by atoms with van der Waals surface area (Å²) in [5, 5.41) is 0.538. The van der Waals surface area contributed by atoms with Gasteiger partial charge in [0.05, 0.1) is 19.3 Å². The van der Waals surface area contributed by atoms with Crippen molar-refractivity contribution < 1.29 is 14.3 Å². The number of thioether (sulfide) groups is 1. The molecule has 0 unspecified atom stereocenters. The molecule has 180 valence electrons. The molecule has 3 aromatic rings. The molecule has 5 nitrogen and oxygen atoms in total. The van der Waals surface area contributed by atoms with Crippen molar-refractivity contribution >= 4 is 40.9 Å². The highest BCUT2D eigenvalue weighted by Gasteiger charge is 2.63. The van der Waals surface area contributed by atoms with Crippen LogP contribution in [0, 0.1) is 6.92 Å². The van der Waals surface area contributed by atoms with Crippen LogP contribution >= 0.6 is 23.4 Å². The molecule has 0 radical (unpaired) electrons. The molecule has 35 heavy (non-hydrogen) atoms. The zero-order valence-corrected chi connectivity index (χ0v) is 21.7. The number of carbonyl (C=O) groups is 2. The van der Waals surface area contributed by atoms with Gasteiger partial charge in [-0.3, -0.25) is 9.59 Å². The van der Waals surface area contributed by atoms with Gasteiger partial charge in [0.15, 0.2) is 4.87 Å². The summed E-state index contributed by atoms with van der Waals surface area (Å²) < 4.78 is 4.92. The quantitative estimate of drug-likeness (QED) is 0.434. The van der Waals surface area contributed by atoms with E-state index in [1.165, 1.54) is 11.8 Å². The highest BCUT2D eigenvalue weighted by molar-refractivity contribution is 8.02. The van der Waals surface area contributed by atoms with Gasteiger partial charge in [0.25, 0.3) is 11.8 Å². The van der Waals surface area contributed by atoms with Crippen LogP contribution in [0.5, 0.6) is 5.75 Å². The maximum absolute atomic E-state index is 14.4. The van der Waals surface area contributed by atoms with Crippen LogP contribution in [-0.4, -0.2) is 35.1 Å².